The fourth-order valence-corrected chi connectivity index (χ4v) is 3.13. The number of imide groups is 1. The predicted molar refractivity (Wildman–Crippen MR) is 118 cm³/mol. The number of nitrogens with zero attached hydrogens (tertiary/aromatic N) is 2. The van der Waals surface area contributed by atoms with Gasteiger partial charge in [0.25, 0.3) is 11.8 Å². The largest absolute Gasteiger partial charge is 0.399 e. The Bertz CT molecular complexity index is 1170. The molecule has 146 valence electrons. The highest BCUT2D eigenvalue weighted by molar-refractivity contribution is 6.25. The molecule has 1 heterocycles. The maximum atomic E-state index is 13.3. The number of hydrogen-bond donors (Lipinski definition) is 1. The van der Waals surface area contributed by atoms with Crippen molar-refractivity contribution < 1.29 is 9.59 Å². The zero-order chi connectivity index (χ0) is 20.9. The molecule has 3 aromatic carbocycles. The van der Waals surface area contributed by atoms with E-state index in [1.54, 1.807) is 42.5 Å². The average Bonchev–Trinajstić information content (AvgIpc) is 2.80. The number of nitrogens with two attached hydrogens (primary N) is 1. The Morgan fingerprint density at radius 1 is 0.667 bits per heavy atom. The maximum Gasteiger partial charge on any atom is 0.266 e. The monoisotopic (exact) mass is 393 g/mol. The number of hydrogen-bond acceptors (Lipinski definition) is 4. The normalized spacial score (nSPS) is 10.4. The molecule has 0 bridgehead atoms. The molecule has 0 radical (unpaired) electrons. The first-order chi connectivity index (χ1) is 14.6. The van der Waals surface area contributed by atoms with Gasteiger partial charge in [0.05, 0.1) is 0 Å². The molecule has 0 fully saturated rings. The fraction of sp³-hybridized carbons (Fsp3) is 0. The molecule has 5 nitrogen and oxygen atoms in total. The van der Waals surface area contributed by atoms with Gasteiger partial charge in [-0.15, -0.1) is 0 Å². The molecule has 0 unspecified atom stereocenters. The molecule has 0 aliphatic carbocycles. The summed E-state index contributed by atoms with van der Waals surface area (Å²) < 4.78 is 0. The van der Waals surface area contributed by atoms with Gasteiger partial charge in [0.2, 0.25) is 0 Å². The number of amides is 2. The van der Waals surface area contributed by atoms with Gasteiger partial charge in [0.1, 0.15) is 5.82 Å². The third-order valence-corrected chi connectivity index (χ3v) is 4.66. The van der Waals surface area contributed by atoms with Gasteiger partial charge in [-0.2, -0.15) is 0 Å². The number of benzene rings is 3. The Balaban J connectivity index is 1.71. The topological polar surface area (TPSA) is 76.3 Å². The molecule has 0 saturated heterocycles. The van der Waals surface area contributed by atoms with Gasteiger partial charge in [-0.1, -0.05) is 60.7 Å². The molecule has 5 heteroatoms. The van der Waals surface area contributed by atoms with E-state index >= 15 is 0 Å². The number of nitrogen functional groups attached to an aromatic ring is 1. The molecule has 4 aromatic rings. The van der Waals surface area contributed by atoms with Crippen LogP contribution in [0.1, 0.15) is 20.7 Å². The third kappa shape index (κ3) is 3.95. The van der Waals surface area contributed by atoms with E-state index in [1.807, 2.05) is 48.5 Å². The van der Waals surface area contributed by atoms with Crippen LogP contribution in [0.5, 0.6) is 0 Å². The lowest BCUT2D eigenvalue weighted by atomic mass is 10.0. The van der Waals surface area contributed by atoms with Crippen LogP contribution >= 0.6 is 0 Å². The lowest BCUT2D eigenvalue weighted by Gasteiger charge is -2.20. The number of pyridine rings is 1. The number of carbonyl (C=O) groups excluding carboxylic acids is 2. The molecule has 30 heavy (non-hydrogen) atoms. The molecule has 4 rings (SSSR count). The van der Waals surface area contributed by atoms with Crippen LogP contribution in [0.25, 0.3) is 11.1 Å². The van der Waals surface area contributed by atoms with Gasteiger partial charge < -0.3 is 5.73 Å². The van der Waals surface area contributed by atoms with E-state index in [1.165, 1.54) is 12.3 Å². The van der Waals surface area contributed by atoms with Crippen LogP contribution in [-0.4, -0.2) is 16.8 Å². The van der Waals surface area contributed by atoms with Gasteiger partial charge >= 0.3 is 0 Å². The van der Waals surface area contributed by atoms with Crippen molar-refractivity contribution in [3.8, 4) is 11.1 Å². The van der Waals surface area contributed by atoms with Crippen LogP contribution in [0.4, 0.5) is 11.5 Å². The molecule has 2 N–H and O–H groups in total. The van der Waals surface area contributed by atoms with Crippen molar-refractivity contribution in [3.05, 3.63) is 114 Å². The molecule has 0 aliphatic rings. The molecule has 0 aliphatic heterocycles. The van der Waals surface area contributed by atoms with Crippen molar-refractivity contribution in [2.75, 3.05) is 10.6 Å². The quantitative estimate of drug-likeness (QED) is 0.505. The number of anilines is 2. The van der Waals surface area contributed by atoms with Gasteiger partial charge in [-0.25, -0.2) is 9.88 Å². The minimum absolute atomic E-state index is 0.181. The second-order valence-electron chi connectivity index (χ2n) is 6.70. The maximum absolute atomic E-state index is 13.3. The van der Waals surface area contributed by atoms with Gasteiger partial charge in [0.15, 0.2) is 0 Å². The molecule has 0 atom stereocenters. The summed E-state index contributed by atoms with van der Waals surface area (Å²) in [5.41, 5.74) is 9.08. The van der Waals surface area contributed by atoms with Gasteiger partial charge in [0, 0.05) is 29.1 Å². The Hall–Kier alpha value is -4.25. The van der Waals surface area contributed by atoms with E-state index in [4.69, 9.17) is 5.73 Å². The van der Waals surface area contributed by atoms with E-state index in [0.717, 1.165) is 16.0 Å². The first-order valence-electron chi connectivity index (χ1n) is 9.44. The lowest BCUT2D eigenvalue weighted by Crippen LogP contribution is -2.37. The predicted octanol–water partition coefficient (Wildman–Crippen LogP) is 4.82. The second kappa shape index (κ2) is 8.41. The highest BCUT2D eigenvalue weighted by Gasteiger charge is 2.27. The zero-order valence-electron chi connectivity index (χ0n) is 16.1. The van der Waals surface area contributed by atoms with Crippen molar-refractivity contribution in [2.45, 2.75) is 0 Å². The zero-order valence-corrected chi connectivity index (χ0v) is 16.1. The van der Waals surface area contributed by atoms with E-state index in [0.29, 0.717) is 16.8 Å². The van der Waals surface area contributed by atoms with E-state index in [2.05, 4.69) is 4.98 Å². The van der Waals surface area contributed by atoms with Crippen molar-refractivity contribution in [1.82, 2.24) is 4.98 Å². The van der Waals surface area contributed by atoms with Gasteiger partial charge in [-0.3, -0.25) is 9.59 Å². The van der Waals surface area contributed by atoms with E-state index in [-0.39, 0.29) is 5.82 Å². The van der Waals surface area contributed by atoms with Gasteiger partial charge in [-0.05, 0) is 41.5 Å². The minimum atomic E-state index is -0.471. The summed E-state index contributed by atoms with van der Waals surface area (Å²) in [7, 11) is 0. The van der Waals surface area contributed by atoms with Crippen molar-refractivity contribution in [3.63, 3.8) is 0 Å². The Kier molecular flexibility index (Phi) is 5.35. The first kappa shape index (κ1) is 19.1. The summed E-state index contributed by atoms with van der Waals surface area (Å²) in [6.07, 6.45) is 1.47. The molecule has 0 spiro atoms. The summed E-state index contributed by atoms with van der Waals surface area (Å²) in [5.74, 6) is -0.756. The van der Waals surface area contributed by atoms with Crippen LogP contribution in [0.15, 0.2) is 103 Å². The third-order valence-electron chi connectivity index (χ3n) is 4.66. The van der Waals surface area contributed by atoms with Crippen molar-refractivity contribution >= 4 is 23.3 Å². The fourth-order valence-electron chi connectivity index (χ4n) is 3.13. The van der Waals surface area contributed by atoms with Crippen molar-refractivity contribution in [1.29, 1.82) is 0 Å². The number of carbonyl (C=O) groups is 2. The first-order valence-corrected chi connectivity index (χ1v) is 9.44. The van der Waals surface area contributed by atoms with E-state index < -0.39 is 11.8 Å². The Morgan fingerprint density at radius 2 is 1.20 bits per heavy atom. The molecular formula is C25H19N3O2. The minimum Gasteiger partial charge on any atom is -0.399 e. The Labute approximate surface area is 174 Å². The molecule has 1 aromatic heterocycles. The SMILES string of the molecule is Nc1ccnc(N(C(=O)c2ccccc2)C(=O)c2ccc(-c3ccccc3)cc2)c1. The summed E-state index contributed by atoms with van der Waals surface area (Å²) in [5, 5.41) is 0. The lowest BCUT2D eigenvalue weighted by molar-refractivity contribution is 0.0896. The van der Waals surface area contributed by atoms with Crippen LogP contribution in [-0.2, 0) is 0 Å². The van der Waals surface area contributed by atoms with E-state index in [9.17, 15) is 9.59 Å². The summed E-state index contributed by atoms with van der Waals surface area (Å²) in [6, 6.07) is 28.8. The van der Waals surface area contributed by atoms with Crippen LogP contribution < -0.4 is 10.6 Å². The second-order valence-corrected chi connectivity index (χ2v) is 6.70. The summed E-state index contributed by atoms with van der Waals surface area (Å²) >= 11 is 0. The standard InChI is InChI=1S/C25H19N3O2/c26-22-15-16-27-23(17-22)28(24(29)20-9-5-2-6-10-20)25(30)21-13-11-19(12-14-21)18-7-3-1-4-8-18/h1-17H,(H2,26,27). The smallest absolute Gasteiger partial charge is 0.266 e. The average molecular weight is 393 g/mol. The highest BCUT2D eigenvalue weighted by Crippen LogP contribution is 2.23. The molecule has 0 saturated carbocycles. The van der Waals surface area contributed by atoms with Crippen LogP contribution in [0.2, 0.25) is 0 Å². The van der Waals surface area contributed by atoms with Crippen LogP contribution in [0.3, 0.4) is 0 Å². The van der Waals surface area contributed by atoms with Crippen LogP contribution in [0, 0.1) is 0 Å². The number of aromatic nitrogens is 1. The summed E-state index contributed by atoms with van der Waals surface area (Å²) in [6.45, 7) is 0. The van der Waals surface area contributed by atoms with Crippen molar-refractivity contribution in [2.24, 2.45) is 0 Å². The number of rotatable bonds is 4. The Morgan fingerprint density at radius 3 is 1.80 bits per heavy atom. The molecular weight excluding hydrogens is 374 g/mol. The molecule has 2 amide bonds. The highest BCUT2D eigenvalue weighted by atomic mass is 16.2. The summed E-state index contributed by atoms with van der Waals surface area (Å²) in [4.78, 5) is 31.8.